The Labute approximate surface area is 146 Å². The van der Waals surface area contributed by atoms with Crippen LogP contribution in [0.5, 0.6) is 0 Å². The van der Waals surface area contributed by atoms with Gasteiger partial charge in [-0.05, 0) is 36.8 Å². The zero-order valence-corrected chi connectivity index (χ0v) is 14.3. The molecule has 5 heteroatoms. The Morgan fingerprint density at radius 1 is 1.08 bits per heavy atom. The van der Waals surface area contributed by atoms with Crippen LogP contribution in [0.1, 0.15) is 18.5 Å². The van der Waals surface area contributed by atoms with Crippen LogP contribution in [0.4, 0.5) is 5.69 Å². The van der Waals surface area contributed by atoms with Crippen LogP contribution in [0.25, 0.3) is 0 Å². The molecule has 0 aromatic heterocycles. The monoisotopic (exact) mass is 338 g/mol. The number of thiocarbonyl (C=S) groups is 1. The fourth-order valence-corrected chi connectivity index (χ4v) is 3.26. The summed E-state index contributed by atoms with van der Waals surface area (Å²) in [5, 5.41) is 3.83. The van der Waals surface area contributed by atoms with Gasteiger partial charge in [-0.2, -0.15) is 0 Å². The lowest BCUT2D eigenvalue weighted by molar-refractivity contribution is -0.136. The third-order valence-electron chi connectivity index (χ3n) is 4.04. The van der Waals surface area contributed by atoms with E-state index < -0.39 is 0 Å². The maximum atomic E-state index is 12.5. The lowest BCUT2D eigenvalue weighted by Crippen LogP contribution is -2.48. The number of hydrogen-bond acceptors (Lipinski definition) is 3. The molecule has 0 fully saturated rings. The van der Waals surface area contributed by atoms with Crippen LogP contribution in [0.3, 0.4) is 0 Å². The molecule has 24 heavy (non-hydrogen) atoms. The van der Waals surface area contributed by atoms with Gasteiger partial charge >= 0.3 is 5.97 Å². The Hall–Kier alpha value is -2.66. The molecule has 3 rings (SSSR count). The van der Waals surface area contributed by atoms with Gasteiger partial charge in [-0.25, -0.2) is 4.79 Å². The molecule has 2 aromatic carbocycles. The fraction of sp³-hybridized carbons (Fsp3) is 0.158. The van der Waals surface area contributed by atoms with E-state index in [0.717, 1.165) is 16.9 Å². The van der Waals surface area contributed by atoms with E-state index in [-0.39, 0.29) is 12.0 Å². The van der Waals surface area contributed by atoms with E-state index in [0.29, 0.717) is 10.7 Å². The normalized spacial score (nSPS) is 17.5. The second kappa shape index (κ2) is 6.84. The lowest BCUT2D eigenvalue weighted by atomic mass is 9.95. The number of ether oxygens (including phenoxy) is 1. The number of esters is 1. The first-order valence-electron chi connectivity index (χ1n) is 7.63. The number of nitrogens with zero attached hydrogens (tertiary/aromatic N) is 1. The molecule has 1 heterocycles. The van der Waals surface area contributed by atoms with Gasteiger partial charge in [-0.15, -0.1) is 0 Å². The minimum atomic E-state index is -0.364. The van der Waals surface area contributed by atoms with Crippen molar-refractivity contribution in [1.82, 2.24) is 5.32 Å². The molecule has 4 nitrogen and oxygen atoms in total. The molecule has 0 saturated heterocycles. The average Bonchev–Trinajstić information content (AvgIpc) is 2.62. The van der Waals surface area contributed by atoms with Gasteiger partial charge in [-0.1, -0.05) is 48.5 Å². The number of hydrogen-bond donors (Lipinski definition) is 1. The van der Waals surface area contributed by atoms with Crippen molar-refractivity contribution in [2.24, 2.45) is 0 Å². The Bertz CT molecular complexity index is 788. The summed E-state index contributed by atoms with van der Waals surface area (Å²) in [6, 6.07) is 19.1. The SMILES string of the molecule is COC(=O)C1=C(C)N(c2ccccc2)C(=S)NC1c1ccccc1. The minimum Gasteiger partial charge on any atom is -0.466 e. The van der Waals surface area contributed by atoms with Gasteiger partial charge in [0.2, 0.25) is 0 Å². The van der Waals surface area contributed by atoms with Crippen LogP contribution in [-0.2, 0) is 9.53 Å². The van der Waals surface area contributed by atoms with E-state index in [1.54, 1.807) is 0 Å². The lowest BCUT2D eigenvalue weighted by Gasteiger charge is -2.37. The summed E-state index contributed by atoms with van der Waals surface area (Å²) >= 11 is 5.57. The highest BCUT2D eigenvalue weighted by Gasteiger charge is 2.34. The van der Waals surface area contributed by atoms with Crippen LogP contribution in [-0.4, -0.2) is 18.2 Å². The van der Waals surface area contributed by atoms with Crippen molar-refractivity contribution in [3.63, 3.8) is 0 Å². The van der Waals surface area contributed by atoms with Crippen molar-refractivity contribution < 1.29 is 9.53 Å². The van der Waals surface area contributed by atoms with Crippen molar-refractivity contribution in [3.8, 4) is 0 Å². The second-order valence-corrected chi connectivity index (χ2v) is 5.84. The van der Waals surface area contributed by atoms with Crippen LogP contribution in [0, 0.1) is 0 Å². The number of para-hydroxylation sites is 1. The summed E-state index contributed by atoms with van der Waals surface area (Å²) in [5.41, 5.74) is 3.19. The van der Waals surface area contributed by atoms with E-state index in [4.69, 9.17) is 17.0 Å². The van der Waals surface area contributed by atoms with Crippen molar-refractivity contribution in [2.45, 2.75) is 13.0 Å². The van der Waals surface area contributed by atoms with Gasteiger partial charge in [0.1, 0.15) is 0 Å². The molecule has 1 aliphatic heterocycles. The van der Waals surface area contributed by atoms with Gasteiger partial charge in [-0.3, -0.25) is 4.90 Å². The Morgan fingerprint density at radius 2 is 1.67 bits per heavy atom. The molecule has 1 N–H and O–H groups in total. The number of methoxy groups -OCH3 is 1. The van der Waals surface area contributed by atoms with Crippen LogP contribution in [0.15, 0.2) is 71.9 Å². The predicted octanol–water partition coefficient (Wildman–Crippen LogP) is 3.57. The second-order valence-electron chi connectivity index (χ2n) is 5.45. The molecule has 0 amide bonds. The molecule has 1 atom stereocenters. The van der Waals surface area contributed by atoms with Crippen LogP contribution in [0.2, 0.25) is 0 Å². The highest BCUT2D eigenvalue weighted by Crippen LogP contribution is 2.33. The highest BCUT2D eigenvalue weighted by atomic mass is 32.1. The number of allylic oxidation sites excluding steroid dienone is 1. The number of carbonyl (C=O) groups is 1. The predicted molar refractivity (Wildman–Crippen MR) is 98.6 cm³/mol. The first-order chi connectivity index (χ1) is 11.6. The standard InChI is InChI=1S/C19H18N2O2S/c1-13-16(18(22)23-2)17(14-9-5-3-6-10-14)20-19(24)21(13)15-11-7-4-8-12-15/h3-12,17H,1-2H3,(H,20,24). The molecule has 0 spiro atoms. The number of nitrogens with one attached hydrogen (secondary N) is 1. The third-order valence-corrected chi connectivity index (χ3v) is 4.34. The largest absolute Gasteiger partial charge is 0.466 e. The Kier molecular flexibility index (Phi) is 4.62. The van der Waals surface area contributed by atoms with Crippen molar-refractivity contribution in [1.29, 1.82) is 0 Å². The minimum absolute atomic E-state index is 0.328. The van der Waals surface area contributed by atoms with E-state index in [1.165, 1.54) is 7.11 Å². The van der Waals surface area contributed by atoms with Gasteiger partial charge in [0.25, 0.3) is 0 Å². The smallest absolute Gasteiger partial charge is 0.337 e. The van der Waals surface area contributed by atoms with E-state index >= 15 is 0 Å². The third kappa shape index (κ3) is 2.90. The van der Waals surface area contributed by atoms with Crippen LogP contribution < -0.4 is 10.2 Å². The van der Waals surface area contributed by atoms with E-state index in [9.17, 15) is 4.79 Å². The van der Waals surface area contributed by atoms with Crippen LogP contribution >= 0.6 is 12.2 Å². The maximum absolute atomic E-state index is 12.5. The van der Waals surface area contributed by atoms with Crippen molar-refractivity contribution in [3.05, 3.63) is 77.5 Å². The first kappa shape index (κ1) is 16.2. The molecule has 122 valence electrons. The maximum Gasteiger partial charge on any atom is 0.337 e. The molecule has 0 radical (unpaired) electrons. The summed E-state index contributed by atoms with van der Waals surface area (Å²) in [6.07, 6.45) is 0. The summed E-state index contributed by atoms with van der Waals surface area (Å²) < 4.78 is 5.02. The Balaban J connectivity index is 2.13. The number of carbonyl (C=O) groups excluding carboxylic acids is 1. The highest BCUT2D eigenvalue weighted by molar-refractivity contribution is 7.80. The van der Waals surface area contributed by atoms with E-state index in [1.807, 2.05) is 72.5 Å². The van der Waals surface area contributed by atoms with Gasteiger partial charge in [0.15, 0.2) is 5.11 Å². The van der Waals surface area contributed by atoms with Gasteiger partial charge < -0.3 is 10.1 Å². The molecule has 0 saturated carbocycles. The molecular formula is C19H18N2O2S. The average molecular weight is 338 g/mol. The first-order valence-corrected chi connectivity index (χ1v) is 8.04. The Morgan fingerprint density at radius 3 is 2.25 bits per heavy atom. The number of rotatable bonds is 3. The van der Waals surface area contributed by atoms with E-state index in [2.05, 4.69) is 5.32 Å². The van der Waals surface area contributed by atoms with Crippen molar-refractivity contribution in [2.75, 3.05) is 12.0 Å². The molecule has 0 bridgehead atoms. The molecule has 1 unspecified atom stereocenters. The zero-order valence-electron chi connectivity index (χ0n) is 13.5. The molecule has 0 aliphatic carbocycles. The number of anilines is 1. The molecule has 1 aliphatic rings. The van der Waals surface area contributed by atoms with Gasteiger partial charge in [0, 0.05) is 11.4 Å². The van der Waals surface area contributed by atoms with Gasteiger partial charge in [0.05, 0.1) is 18.7 Å². The topological polar surface area (TPSA) is 41.6 Å². The molecule has 2 aromatic rings. The fourth-order valence-electron chi connectivity index (χ4n) is 2.90. The summed E-state index contributed by atoms with van der Waals surface area (Å²) in [5.74, 6) is -0.364. The van der Waals surface area contributed by atoms with Crippen molar-refractivity contribution >= 4 is 29.0 Å². The summed E-state index contributed by atoms with van der Waals surface area (Å²) in [4.78, 5) is 14.3. The quantitative estimate of drug-likeness (QED) is 0.684. The summed E-state index contributed by atoms with van der Waals surface area (Å²) in [7, 11) is 1.39. The zero-order chi connectivity index (χ0) is 17.1. The summed E-state index contributed by atoms with van der Waals surface area (Å²) in [6.45, 7) is 1.89. The molecular weight excluding hydrogens is 320 g/mol. The number of benzene rings is 2.